The predicted molar refractivity (Wildman–Crippen MR) is 124 cm³/mol. The molecule has 1 atom stereocenters. The number of carbonyl (C=O) groups is 1. The van der Waals surface area contributed by atoms with Crippen molar-refractivity contribution in [1.82, 2.24) is 20.5 Å². The fourth-order valence-electron chi connectivity index (χ4n) is 4.14. The van der Waals surface area contributed by atoms with Gasteiger partial charge in [-0.05, 0) is 49.1 Å². The lowest BCUT2D eigenvalue weighted by Gasteiger charge is -2.20. The van der Waals surface area contributed by atoms with E-state index in [-0.39, 0.29) is 17.9 Å². The van der Waals surface area contributed by atoms with Crippen molar-refractivity contribution >= 4 is 23.5 Å². The molecule has 2 aliphatic rings. The summed E-state index contributed by atoms with van der Waals surface area (Å²) in [5, 5.41) is 9.71. The summed E-state index contributed by atoms with van der Waals surface area (Å²) in [7, 11) is 1.73. The number of likely N-dealkylation sites (tertiary alicyclic amines) is 1. The predicted octanol–water partition coefficient (Wildman–Crippen LogP) is 2.79. The minimum absolute atomic E-state index is 0.0415. The third-order valence-corrected chi connectivity index (χ3v) is 5.82. The number of hydrogen-bond donors (Lipinski definition) is 3. The molecule has 4 rings (SSSR count). The van der Waals surface area contributed by atoms with Gasteiger partial charge in [0.1, 0.15) is 0 Å². The van der Waals surface area contributed by atoms with Crippen LogP contribution in [-0.4, -0.2) is 61.1 Å². The van der Waals surface area contributed by atoms with Gasteiger partial charge in [-0.1, -0.05) is 12.1 Å². The van der Waals surface area contributed by atoms with Crippen molar-refractivity contribution in [3.05, 3.63) is 54.0 Å². The van der Waals surface area contributed by atoms with E-state index in [0.29, 0.717) is 24.9 Å². The van der Waals surface area contributed by atoms with E-state index in [0.717, 1.165) is 50.1 Å². The van der Waals surface area contributed by atoms with Gasteiger partial charge in [-0.25, -0.2) is 14.2 Å². The van der Waals surface area contributed by atoms with E-state index in [9.17, 15) is 9.18 Å². The zero-order chi connectivity index (χ0) is 22.3. The van der Waals surface area contributed by atoms with Crippen molar-refractivity contribution in [2.75, 3.05) is 43.4 Å². The fourth-order valence-corrected chi connectivity index (χ4v) is 4.14. The van der Waals surface area contributed by atoms with Crippen molar-refractivity contribution in [3.63, 3.8) is 0 Å². The van der Waals surface area contributed by atoms with Gasteiger partial charge in [0, 0.05) is 57.7 Å². The summed E-state index contributed by atoms with van der Waals surface area (Å²) in [4.78, 5) is 24.6. The molecule has 1 unspecified atom stereocenters. The SMILES string of the molecule is CN=C(NCc1cccc(NC(=O)N2CCCC2)c1)NC1CCN(c2ncccc2F)C1. The molecule has 2 aromatic rings. The molecular weight excluding hydrogens is 409 g/mol. The molecule has 2 saturated heterocycles. The van der Waals surface area contributed by atoms with Gasteiger partial charge >= 0.3 is 6.03 Å². The molecule has 2 aliphatic heterocycles. The second kappa shape index (κ2) is 10.3. The number of carbonyl (C=O) groups excluding carboxylic acids is 1. The van der Waals surface area contributed by atoms with E-state index in [4.69, 9.17) is 0 Å². The Morgan fingerprint density at radius 3 is 2.84 bits per heavy atom. The molecule has 3 heterocycles. The molecule has 2 amide bonds. The summed E-state index contributed by atoms with van der Waals surface area (Å²) in [5.41, 5.74) is 1.82. The smallest absolute Gasteiger partial charge is 0.321 e. The molecular formula is C23H30FN7O. The number of aromatic nitrogens is 1. The minimum atomic E-state index is -0.299. The van der Waals surface area contributed by atoms with Crippen LogP contribution in [0.3, 0.4) is 0 Å². The first-order valence-electron chi connectivity index (χ1n) is 11.1. The molecule has 0 aliphatic carbocycles. The van der Waals surface area contributed by atoms with Crippen LogP contribution in [0.4, 0.5) is 20.7 Å². The van der Waals surface area contributed by atoms with E-state index in [1.807, 2.05) is 34.1 Å². The molecule has 1 aromatic carbocycles. The molecule has 9 heteroatoms. The zero-order valence-electron chi connectivity index (χ0n) is 18.4. The summed E-state index contributed by atoms with van der Waals surface area (Å²) in [6, 6.07) is 10.9. The van der Waals surface area contributed by atoms with Crippen LogP contribution in [0, 0.1) is 5.82 Å². The topological polar surface area (TPSA) is 84.9 Å². The number of nitrogens with one attached hydrogen (secondary N) is 3. The first-order valence-corrected chi connectivity index (χ1v) is 11.1. The highest BCUT2D eigenvalue weighted by molar-refractivity contribution is 5.89. The Bertz CT molecular complexity index is 961. The number of hydrogen-bond acceptors (Lipinski definition) is 4. The number of halogens is 1. The Morgan fingerprint density at radius 1 is 1.22 bits per heavy atom. The van der Waals surface area contributed by atoms with Gasteiger partial charge in [-0.2, -0.15) is 0 Å². The van der Waals surface area contributed by atoms with Gasteiger partial charge in [-0.15, -0.1) is 0 Å². The number of urea groups is 1. The van der Waals surface area contributed by atoms with Crippen molar-refractivity contribution in [2.45, 2.75) is 31.8 Å². The maximum absolute atomic E-state index is 14.0. The van der Waals surface area contributed by atoms with Gasteiger partial charge in [0.15, 0.2) is 17.6 Å². The van der Waals surface area contributed by atoms with Gasteiger partial charge < -0.3 is 25.8 Å². The lowest BCUT2D eigenvalue weighted by atomic mass is 10.2. The summed E-state index contributed by atoms with van der Waals surface area (Å²) >= 11 is 0. The van der Waals surface area contributed by atoms with Crippen LogP contribution in [0.1, 0.15) is 24.8 Å². The molecule has 0 saturated carbocycles. The third-order valence-electron chi connectivity index (χ3n) is 5.82. The summed E-state index contributed by atoms with van der Waals surface area (Å²) in [5.74, 6) is 0.782. The molecule has 32 heavy (non-hydrogen) atoms. The number of benzene rings is 1. The van der Waals surface area contributed by atoms with Crippen molar-refractivity contribution in [3.8, 4) is 0 Å². The molecule has 0 bridgehead atoms. The first-order chi connectivity index (χ1) is 15.6. The van der Waals surface area contributed by atoms with Crippen LogP contribution in [0.5, 0.6) is 0 Å². The summed E-state index contributed by atoms with van der Waals surface area (Å²) < 4.78 is 14.0. The fraction of sp³-hybridized carbons (Fsp3) is 0.435. The van der Waals surface area contributed by atoms with Crippen LogP contribution in [0.2, 0.25) is 0 Å². The van der Waals surface area contributed by atoms with Gasteiger partial charge in [0.05, 0.1) is 0 Å². The zero-order valence-corrected chi connectivity index (χ0v) is 18.4. The monoisotopic (exact) mass is 439 g/mol. The average molecular weight is 440 g/mol. The van der Waals surface area contributed by atoms with Crippen LogP contribution >= 0.6 is 0 Å². The lowest BCUT2D eigenvalue weighted by molar-refractivity contribution is 0.222. The Labute approximate surface area is 187 Å². The number of pyridine rings is 1. The van der Waals surface area contributed by atoms with Crippen molar-refractivity contribution in [2.24, 2.45) is 4.99 Å². The first kappa shape index (κ1) is 21.9. The highest BCUT2D eigenvalue weighted by atomic mass is 19.1. The molecule has 0 spiro atoms. The maximum atomic E-state index is 14.0. The summed E-state index contributed by atoms with van der Waals surface area (Å²) in [6.07, 6.45) is 4.62. The van der Waals surface area contributed by atoms with Crippen LogP contribution < -0.4 is 20.9 Å². The van der Waals surface area contributed by atoms with Gasteiger partial charge in [-0.3, -0.25) is 4.99 Å². The van der Waals surface area contributed by atoms with E-state index in [1.165, 1.54) is 6.07 Å². The second-order valence-corrected chi connectivity index (χ2v) is 8.14. The Morgan fingerprint density at radius 2 is 2.06 bits per heavy atom. The van der Waals surface area contributed by atoms with Gasteiger partial charge in [0.2, 0.25) is 0 Å². The van der Waals surface area contributed by atoms with Crippen LogP contribution in [0.15, 0.2) is 47.6 Å². The Balaban J connectivity index is 1.27. The van der Waals surface area contributed by atoms with Crippen molar-refractivity contribution < 1.29 is 9.18 Å². The van der Waals surface area contributed by atoms with Crippen LogP contribution in [0.25, 0.3) is 0 Å². The van der Waals surface area contributed by atoms with E-state index < -0.39 is 0 Å². The molecule has 1 aromatic heterocycles. The molecule has 3 N–H and O–H groups in total. The number of anilines is 2. The number of amides is 2. The molecule has 0 radical (unpaired) electrons. The van der Waals surface area contributed by atoms with E-state index >= 15 is 0 Å². The van der Waals surface area contributed by atoms with E-state index in [1.54, 1.807) is 19.3 Å². The second-order valence-electron chi connectivity index (χ2n) is 8.14. The van der Waals surface area contributed by atoms with E-state index in [2.05, 4.69) is 25.9 Å². The normalized spacial score (nSPS) is 18.7. The standard InChI is InChI=1S/C23H30FN7O/c1-25-22(28-19-9-13-31(16-19)21-20(24)8-5-10-26-21)27-15-17-6-4-7-18(14-17)29-23(32)30-11-2-3-12-30/h4-8,10,14,19H,2-3,9,11-13,15-16H2,1H3,(H,29,32)(H2,25,27,28). The number of rotatable bonds is 5. The minimum Gasteiger partial charge on any atom is -0.352 e. The quantitative estimate of drug-likeness (QED) is 0.493. The van der Waals surface area contributed by atoms with Crippen LogP contribution in [-0.2, 0) is 6.54 Å². The van der Waals surface area contributed by atoms with Crippen molar-refractivity contribution in [1.29, 1.82) is 0 Å². The molecule has 8 nitrogen and oxygen atoms in total. The maximum Gasteiger partial charge on any atom is 0.321 e. The average Bonchev–Trinajstić information content (AvgIpc) is 3.50. The van der Waals surface area contributed by atoms with Gasteiger partial charge in [0.25, 0.3) is 0 Å². The number of guanidine groups is 1. The number of nitrogens with zero attached hydrogens (tertiary/aromatic N) is 4. The molecule has 170 valence electrons. The molecule has 2 fully saturated rings. The summed E-state index contributed by atoms with van der Waals surface area (Å²) in [6.45, 7) is 3.60. The lowest BCUT2D eigenvalue weighted by Crippen LogP contribution is -2.44. The highest BCUT2D eigenvalue weighted by Gasteiger charge is 2.26. The largest absolute Gasteiger partial charge is 0.352 e. The third kappa shape index (κ3) is 5.46. The highest BCUT2D eigenvalue weighted by Crippen LogP contribution is 2.21. The number of aliphatic imine (C=N–C) groups is 1. The Kier molecular flexibility index (Phi) is 7.03. The Hall–Kier alpha value is -3.36.